The molecule has 0 saturated carbocycles. The van der Waals surface area contributed by atoms with Gasteiger partial charge in [0.2, 0.25) is 0 Å². The predicted molar refractivity (Wildman–Crippen MR) is 114 cm³/mol. The summed E-state index contributed by atoms with van der Waals surface area (Å²) in [5.41, 5.74) is 1.15. The number of aliphatic imine (C=N–C) groups is 1. The van der Waals surface area contributed by atoms with Crippen molar-refractivity contribution < 1.29 is 4.74 Å². The van der Waals surface area contributed by atoms with Crippen LogP contribution in [0.15, 0.2) is 23.3 Å². The molecule has 8 heteroatoms. The van der Waals surface area contributed by atoms with Crippen molar-refractivity contribution in [3.63, 3.8) is 0 Å². The molecule has 0 spiro atoms. The highest BCUT2D eigenvalue weighted by Crippen LogP contribution is 2.10. The van der Waals surface area contributed by atoms with Gasteiger partial charge in [0.15, 0.2) is 5.96 Å². The maximum absolute atomic E-state index is 5.37. The smallest absolute Gasteiger partial charge is 0.191 e. The molecule has 2 heterocycles. The summed E-state index contributed by atoms with van der Waals surface area (Å²) in [6.07, 6.45) is 1.83. The number of aromatic nitrogens is 1. The second kappa shape index (κ2) is 12.3. The van der Waals surface area contributed by atoms with E-state index in [4.69, 9.17) is 4.74 Å². The van der Waals surface area contributed by atoms with Crippen molar-refractivity contribution >= 4 is 35.8 Å². The molecule has 0 aliphatic carbocycles. The number of anilines is 1. The van der Waals surface area contributed by atoms with Gasteiger partial charge in [-0.05, 0) is 24.6 Å². The lowest BCUT2D eigenvalue weighted by Crippen LogP contribution is -2.44. The minimum atomic E-state index is 0. The molecule has 0 amide bonds. The van der Waals surface area contributed by atoms with E-state index in [1.165, 1.54) is 0 Å². The zero-order valence-corrected chi connectivity index (χ0v) is 17.8. The van der Waals surface area contributed by atoms with Gasteiger partial charge in [0.25, 0.3) is 0 Å². The summed E-state index contributed by atoms with van der Waals surface area (Å²) in [4.78, 5) is 13.4. The molecular weight excluding hydrogens is 431 g/mol. The summed E-state index contributed by atoms with van der Waals surface area (Å²) in [5.74, 6) is 1.81. The summed E-state index contributed by atoms with van der Waals surface area (Å²) in [6, 6.07) is 4.08. The van der Waals surface area contributed by atoms with Crippen LogP contribution in [0.1, 0.15) is 12.5 Å². The molecule has 0 radical (unpaired) electrons. The Kier molecular flexibility index (Phi) is 10.7. The summed E-state index contributed by atoms with van der Waals surface area (Å²) in [6.45, 7) is 9.15. The molecule has 1 fully saturated rings. The third-order valence-electron chi connectivity index (χ3n) is 3.86. The molecule has 0 aromatic carbocycles. The molecule has 0 atom stereocenters. The van der Waals surface area contributed by atoms with Crippen LogP contribution in [0.3, 0.4) is 0 Å². The Morgan fingerprint density at radius 2 is 2.08 bits per heavy atom. The molecular formula is C17H31IN6O. The average Bonchev–Trinajstić information content (AvgIpc) is 2.61. The predicted octanol–water partition coefficient (Wildman–Crippen LogP) is 1.15. The van der Waals surface area contributed by atoms with E-state index < -0.39 is 0 Å². The van der Waals surface area contributed by atoms with Crippen LogP contribution in [0.2, 0.25) is 0 Å². The van der Waals surface area contributed by atoms with Crippen LogP contribution in [0.4, 0.5) is 5.82 Å². The second-order valence-corrected chi connectivity index (χ2v) is 5.99. The lowest BCUT2D eigenvalue weighted by molar-refractivity contribution is 0.0389. The highest BCUT2D eigenvalue weighted by atomic mass is 127. The fourth-order valence-corrected chi connectivity index (χ4v) is 2.47. The van der Waals surface area contributed by atoms with Crippen molar-refractivity contribution in [2.24, 2.45) is 4.99 Å². The topological polar surface area (TPSA) is 65.0 Å². The zero-order valence-electron chi connectivity index (χ0n) is 15.5. The number of rotatable bonds is 7. The normalized spacial score (nSPS) is 15.4. The lowest BCUT2D eigenvalue weighted by Gasteiger charge is -2.26. The fraction of sp³-hybridized carbons (Fsp3) is 0.647. The fourth-order valence-electron chi connectivity index (χ4n) is 2.47. The van der Waals surface area contributed by atoms with Gasteiger partial charge >= 0.3 is 0 Å². The third kappa shape index (κ3) is 8.19. The van der Waals surface area contributed by atoms with Crippen molar-refractivity contribution in [3.05, 3.63) is 23.9 Å². The highest BCUT2D eigenvalue weighted by molar-refractivity contribution is 14.0. The first kappa shape index (κ1) is 21.9. The van der Waals surface area contributed by atoms with Crippen LogP contribution in [0.25, 0.3) is 0 Å². The van der Waals surface area contributed by atoms with Crippen LogP contribution in [-0.2, 0) is 11.3 Å². The largest absolute Gasteiger partial charge is 0.379 e. The Morgan fingerprint density at radius 3 is 2.76 bits per heavy atom. The summed E-state index contributed by atoms with van der Waals surface area (Å²) >= 11 is 0. The number of guanidine groups is 1. The minimum Gasteiger partial charge on any atom is -0.379 e. The molecule has 1 aliphatic heterocycles. The van der Waals surface area contributed by atoms with E-state index in [9.17, 15) is 0 Å². The van der Waals surface area contributed by atoms with Crippen LogP contribution >= 0.6 is 24.0 Å². The Labute approximate surface area is 168 Å². The minimum absolute atomic E-state index is 0. The van der Waals surface area contributed by atoms with E-state index in [-0.39, 0.29) is 24.0 Å². The maximum Gasteiger partial charge on any atom is 0.191 e. The van der Waals surface area contributed by atoms with E-state index in [0.717, 1.165) is 63.3 Å². The molecule has 1 aromatic heterocycles. The van der Waals surface area contributed by atoms with Crippen molar-refractivity contribution in [1.82, 2.24) is 20.5 Å². The van der Waals surface area contributed by atoms with Gasteiger partial charge in [0.1, 0.15) is 5.82 Å². The number of ether oxygens (including phenoxy) is 1. The van der Waals surface area contributed by atoms with Crippen LogP contribution < -0.4 is 15.5 Å². The Bertz CT molecular complexity index is 520. The number of hydrogen-bond donors (Lipinski definition) is 2. The average molecular weight is 462 g/mol. The summed E-state index contributed by atoms with van der Waals surface area (Å²) < 4.78 is 5.37. The highest BCUT2D eigenvalue weighted by Gasteiger charge is 2.09. The first-order valence-electron chi connectivity index (χ1n) is 8.63. The third-order valence-corrected chi connectivity index (χ3v) is 3.86. The van der Waals surface area contributed by atoms with Crippen molar-refractivity contribution in [1.29, 1.82) is 0 Å². The van der Waals surface area contributed by atoms with Gasteiger partial charge in [-0.2, -0.15) is 0 Å². The number of nitrogens with zero attached hydrogens (tertiary/aromatic N) is 4. The second-order valence-electron chi connectivity index (χ2n) is 5.99. The van der Waals surface area contributed by atoms with Crippen molar-refractivity contribution in [3.8, 4) is 0 Å². The van der Waals surface area contributed by atoms with Crippen molar-refractivity contribution in [2.45, 2.75) is 13.5 Å². The Hall–Kier alpha value is -1.13. The number of hydrogen-bond acceptors (Lipinski definition) is 5. The molecule has 0 unspecified atom stereocenters. The number of halogens is 1. The monoisotopic (exact) mass is 462 g/mol. The van der Waals surface area contributed by atoms with Crippen molar-refractivity contribution in [2.75, 3.05) is 64.9 Å². The Morgan fingerprint density at radius 1 is 1.32 bits per heavy atom. The molecule has 142 valence electrons. The quantitative estimate of drug-likeness (QED) is 0.360. The van der Waals surface area contributed by atoms with E-state index in [0.29, 0.717) is 6.54 Å². The number of morpholine rings is 1. The van der Waals surface area contributed by atoms with Gasteiger partial charge in [-0.1, -0.05) is 0 Å². The standard InChI is InChI=1S/C17H30N6O.HI/c1-4-18-17(20-7-8-23-9-11-24-12-10-23)21-14-15-5-6-19-16(13-15)22(2)3;/h5-6,13H,4,7-12,14H2,1-3H3,(H2,18,20,21);1H. The van der Waals surface area contributed by atoms with Gasteiger partial charge in [-0.25, -0.2) is 9.98 Å². The van der Waals surface area contributed by atoms with Crippen LogP contribution in [0, 0.1) is 0 Å². The molecule has 0 bridgehead atoms. The maximum atomic E-state index is 5.37. The molecule has 25 heavy (non-hydrogen) atoms. The first-order chi connectivity index (χ1) is 11.7. The van der Waals surface area contributed by atoms with Gasteiger partial charge in [-0.3, -0.25) is 4.90 Å². The lowest BCUT2D eigenvalue weighted by atomic mass is 10.2. The first-order valence-corrected chi connectivity index (χ1v) is 8.63. The molecule has 1 saturated heterocycles. The molecule has 1 aromatic rings. The van der Waals surface area contributed by atoms with E-state index in [1.54, 1.807) is 0 Å². The van der Waals surface area contributed by atoms with E-state index >= 15 is 0 Å². The van der Waals surface area contributed by atoms with Crippen LogP contribution in [0.5, 0.6) is 0 Å². The van der Waals surface area contributed by atoms with Gasteiger partial charge in [-0.15, -0.1) is 24.0 Å². The molecule has 7 nitrogen and oxygen atoms in total. The van der Waals surface area contributed by atoms with Gasteiger partial charge < -0.3 is 20.3 Å². The molecule has 2 N–H and O–H groups in total. The SMILES string of the molecule is CCNC(=NCc1ccnc(N(C)C)c1)NCCN1CCOCC1.I. The number of pyridine rings is 1. The number of nitrogens with one attached hydrogen (secondary N) is 2. The van der Waals surface area contributed by atoms with E-state index in [1.807, 2.05) is 31.3 Å². The van der Waals surface area contributed by atoms with E-state index in [2.05, 4.69) is 38.5 Å². The Balaban J connectivity index is 0.00000312. The van der Waals surface area contributed by atoms with Gasteiger partial charge in [0.05, 0.1) is 19.8 Å². The van der Waals surface area contributed by atoms with Crippen LogP contribution in [-0.4, -0.2) is 75.9 Å². The summed E-state index contributed by atoms with van der Waals surface area (Å²) in [5, 5.41) is 6.70. The zero-order chi connectivity index (χ0) is 17.2. The molecule has 1 aliphatic rings. The summed E-state index contributed by atoms with van der Waals surface area (Å²) in [7, 11) is 3.99. The molecule has 2 rings (SSSR count). The van der Waals surface area contributed by atoms with Gasteiger partial charge in [0, 0.05) is 53.0 Å².